The summed E-state index contributed by atoms with van der Waals surface area (Å²) in [5, 5.41) is 22.5. The van der Waals surface area contributed by atoms with E-state index in [2.05, 4.69) is 20.5 Å². The Balaban J connectivity index is 1.19. The second kappa shape index (κ2) is 10.2. The van der Waals surface area contributed by atoms with Gasteiger partial charge in [-0.25, -0.2) is 9.78 Å². The summed E-state index contributed by atoms with van der Waals surface area (Å²) < 4.78 is 8.84. The molecule has 5 aromatic rings. The number of carbonyl (C=O) groups is 1. The number of carbonyl (C=O) groups excluding carboxylic acids is 1. The molecule has 0 radical (unpaired) electrons. The Bertz CT molecular complexity index is 1610. The highest BCUT2D eigenvalue weighted by atomic mass is 16.6. The number of fused-ring (bicyclic) bond motifs is 1. The molecule has 0 aliphatic heterocycles. The predicted molar refractivity (Wildman–Crippen MR) is 138 cm³/mol. The molecular weight excluding hydrogens is 468 g/mol. The fraction of sp³-hybridized carbons (Fsp3) is 0.148. The summed E-state index contributed by atoms with van der Waals surface area (Å²) in [7, 11) is 0. The molecule has 0 saturated carbocycles. The summed E-state index contributed by atoms with van der Waals surface area (Å²) in [5.41, 5.74) is 10.0. The molecule has 0 aliphatic carbocycles. The Kier molecular flexibility index (Phi) is 6.50. The van der Waals surface area contributed by atoms with Gasteiger partial charge in [0.15, 0.2) is 5.75 Å². The molecule has 0 saturated heterocycles. The van der Waals surface area contributed by atoms with Crippen LogP contribution in [0.5, 0.6) is 5.75 Å². The van der Waals surface area contributed by atoms with Crippen LogP contribution < -0.4 is 15.8 Å². The molecule has 3 heterocycles. The van der Waals surface area contributed by atoms with Crippen LogP contribution in [-0.2, 0) is 19.6 Å². The lowest BCUT2D eigenvalue weighted by Crippen LogP contribution is -2.26. The lowest BCUT2D eigenvalue weighted by molar-refractivity contribution is 0.200. The van der Waals surface area contributed by atoms with E-state index in [4.69, 9.17) is 10.5 Å². The minimum atomic E-state index is -0.677. The van der Waals surface area contributed by atoms with E-state index in [1.165, 1.54) is 0 Å². The Morgan fingerprint density at radius 2 is 1.78 bits per heavy atom. The van der Waals surface area contributed by atoms with Crippen molar-refractivity contribution in [2.75, 3.05) is 5.73 Å². The molecule has 1 amide bonds. The summed E-state index contributed by atoms with van der Waals surface area (Å²) in [6.45, 7) is 3.37. The number of nitriles is 1. The zero-order chi connectivity index (χ0) is 25.8. The van der Waals surface area contributed by atoms with E-state index in [-0.39, 0.29) is 18.0 Å². The quantitative estimate of drug-likeness (QED) is 0.353. The number of nitrogen functional groups attached to an aromatic ring is 1. The number of rotatable bonds is 7. The van der Waals surface area contributed by atoms with Gasteiger partial charge in [0.05, 0.1) is 25.5 Å². The number of aryl methyl sites for hydroxylation is 1. The molecule has 0 atom stereocenters. The Labute approximate surface area is 212 Å². The lowest BCUT2D eigenvalue weighted by atomic mass is 10.1. The minimum absolute atomic E-state index is 0.0366. The van der Waals surface area contributed by atoms with Crippen LogP contribution in [0.2, 0.25) is 0 Å². The number of nitrogens with zero attached hydrogens (tertiary/aromatic N) is 6. The molecule has 184 valence electrons. The minimum Gasteiger partial charge on any atom is -0.405 e. The van der Waals surface area contributed by atoms with Gasteiger partial charge in [-0.15, -0.1) is 0 Å². The third-order valence-corrected chi connectivity index (χ3v) is 5.81. The van der Waals surface area contributed by atoms with Crippen LogP contribution >= 0.6 is 0 Å². The normalized spacial score (nSPS) is 10.8. The number of benzene rings is 2. The van der Waals surface area contributed by atoms with Gasteiger partial charge in [0, 0.05) is 24.3 Å². The Hall–Kier alpha value is -5.17. The Morgan fingerprint density at radius 1 is 1.05 bits per heavy atom. The summed E-state index contributed by atoms with van der Waals surface area (Å²) >= 11 is 0. The summed E-state index contributed by atoms with van der Waals surface area (Å²) in [4.78, 5) is 16.5. The van der Waals surface area contributed by atoms with Gasteiger partial charge in [-0.1, -0.05) is 36.4 Å². The monoisotopic (exact) mass is 492 g/mol. The summed E-state index contributed by atoms with van der Waals surface area (Å²) in [6.07, 6.45) is 6.33. The molecule has 0 bridgehead atoms. The summed E-state index contributed by atoms with van der Waals surface area (Å²) in [6, 6.07) is 17.5. The SMILES string of the molecule is Cc1cnn(Cc2ccc(Cn3cc(OC(=O)NCc4ccc5c(N)nccc5c4)c(C#N)n3)cc2)c1. The van der Waals surface area contributed by atoms with Gasteiger partial charge in [-0.3, -0.25) is 9.36 Å². The first kappa shape index (κ1) is 23.6. The zero-order valence-electron chi connectivity index (χ0n) is 20.1. The second-order valence-corrected chi connectivity index (χ2v) is 8.68. The maximum atomic E-state index is 12.4. The molecule has 3 N–H and O–H groups in total. The number of amides is 1. The molecule has 0 aliphatic rings. The van der Waals surface area contributed by atoms with Gasteiger partial charge in [0.1, 0.15) is 11.9 Å². The molecule has 0 unspecified atom stereocenters. The van der Waals surface area contributed by atoms with E-state index in [1.807, 2.05) is 78.6 Å². The smallest absolute Gasteiger partial charge is 0.405 e. The fourth-order valence-corrected chi connectivity index (χ4v) is 3.98. The zero-order valence-corrected chi connectivity index (χ0v) is 20.1. The second-order valence-electron chi connectivity index (χ2n) is 8.68. The maximum absolute atomic E-state index is 12.4. The van der Waals surface area contributed by atoms with Crippen molar-refractivity contribution in [1.29, 1.82) is 5.26 Å². The van der Waals surface area contributed by atoms with Crippen LogP contribution in [-0.4, -0.2) is 30.6 Å². The van der Waals surface area contributed by atoms with Gasteiger partial charge < -0.3 is 15.8 Å². The highest BCUT2D eigenvalue weighted by molar-refractivity contribution is 5.91. The average molecular weight is 493 g/mol. The molecule has 3 aromatic heterocycles. The number of aromatic nitrogens is 5. The first-order chi connectivity index (χ1) is 18.0. The van der Waals surface area contributed by atoms with Crippen LogP contribution in [0, 0.1) is 18.3 Å². The summed E-state index contributed by atoms with van der Waals surface area (Å²) in [5.74, 6) is 0.556. The van der Waals surface area contributed by atoms with Crippen LogP contribution in [0.1, 0.15) is 27.9 Å². The van der Waals surface area contributed by atoms with Crippen molar-refractivity contribution in [3.63, 3.8) is 0 Å². The standard InChI is InChI=1S/C27H24N8O2/c1-18-12-32-34(14-18)15-19-2-4-20(5-3-19)16-35-17-25(24(11-28)33-35)37-27(36)31-13-21-6-7-23-22(10-21)8-9-30-26(23)29/h2-10,12,14,17H,13,15-16H2,1H3,(H2,29,30)(H,31,36). The molecule has 2 aromatic carbocycles. The van der Waals surface area contributed by atoms with E-state index in [9.17, 15) is 10.1 Å². The van der Waals surface area contributed by atoms with E-state index >= 15 is 0 Å². The molecule has 0 fully saturated rings. The molecule has 5 rings (SSSR count). The van der Waals surface area contributed by atoms with E-state index in [0.29, 0.717) is 18.9 Å². The number of hydrogen-bond acceptors (Lipinski definition) is 7. The highest BCUT2D eigenvalue weighted by Crippen LogP contribution is 2.20. The maximum Gasteiger partial charge on any atom is 0.413 e. The molecule has 37 heavy (non-hydrogen) atoms. The third-order valence-electron chi connectivity index (χ3n) is 5.81. The van der Waals surface area contributed by atoms with Gasteiger partial charge in [0.25, 0.3) is 0 Å². The largest absolute Gasteiger partial charge is 0.413 e. The number of hydrogen-bond donors (Lipinski definition) is 2. The van der Waals surface area contributed by atoms with Crippen LogP contribution in [0.15, 0.2) is 73.3 Å². The van der Waals surface area contributed by atoms with E-state index in [0.717, 1.165) is 33.0 Å². The van der Waals surface area contributed by atoms with Gasteiger partial charge >= 0.3 is 6.09 Å². The first-order valence-corrected chi connectivity index (χ1v) is 11.6. The lowest BCUT2D eigenvalue weighted by Gasteiger charge is -2.07. The topological polar surface area (TPSA) is 137 Å². The van der Waals surface area contributed by atoms with Crippen LogP contribution in [0.4, 0.5) is 10.6 Å². The van der Waals surface area contributed by atoms with Crippen molar-refractivity contribution in [3.8, 4) is 11.8 Å². The average Bonchev–Trinajstić information content (AvgIpc) is 3.48. The Morgan fingerprint density at radius 3 is 2.49 bits per heavy atom. The fourth-order valence-electron chi connectivity index (χ4n) is 3.98. The van der Waals surface area contributed by atoms with Gasteiger partial charge in [0.2, 0.25) is 5.69 Å². The number of anilines is 1. The predicted octanol–water partition coefficient (Wildman–Crippen LogP) is 3.78. The van der Waals surface area contributed by atoms with Crippen molar-refractivity contribution in [3.05, 3.63) is 101 Å². The van der Waals surface area contributed by atoms with Gasteiger partial charge in [-0.2, -0.15) is 15.5 Å². The number of nitrogens with two attached hydrogens (primary N) is 1. The number of ether oxygens (including phenoxy) is 1. The number of nitrogens with one attached hydrogen (secondary N) is 1. The molecule has 0 spiro atoms. The van der Waals surface area contributed by atoms with Crippen molar-refractivity contribution in [2.45, 2.75) is 26.6 Å². The van der Waals surface area contributed by atoms with E-state index in [1.54, 1.807) is 17.1 Å². The van der Waals surface area contributed by atoms with E-state index < -0.39 is 6.09 Å². The van der Waals surface area contributed by atoms with Crippen LogP contribution in [0.25, 0.3) is 10.8 Å². The van der Waals surface area contributed by atoms with Crippen molar-refractivity contribution < 1.29 is 9.53 Å². The first-order valence-electron chi connectivity index (χ1n) is 11.6. The molecule has 10 heteroatoms. The van der Waals surface area contributed by atoms with Crippen molar-refractivity contribution in [1.82, 2.24) is 29.9 Å². The van der Waals surface area contributed by atoms with Crippen molar-refractivity contribution >= 4 is 22.7 Å². The van der Waals surface area contributed by atoms with Crippen LogP contribution in [0.3, 0.4) is 0 Å². The third kappa shape index (κ3) is 5.57. The molecule has 10 nitrogen and oxygen atoms in total. The molecular formula is C27H24N8O2. The van der Waals surface area contributed by atoms with Gasteiger partial charge in [-0.05, 0) is 46.7 Å². The van der Waals surface area contributed by atoms with Crippen molar-refractivity contribution in [2.24, 2.45) is 0 Å². The highest BCUT2D eigenvalue weighted by Gasteiger charge is 2.14. The number of pyridine rings is 1.